The zero-order valence-electron chi connectivity index (χ0n) is 14.9. The second-order valence-corrected chi connectivity index (χ2v) is 5.98. The minimum Gasteiger partial charge on any atom is -0.492 e. The Labute approximate surface area is 153 Å². The number of hydrogen-bond donors (Lipinski definition) is 1. The van der Waals surface area contributed by atoms with Crippen LogP contribution in [0.5, 0.6) is 17.2 Å². The Hall–Kier alpha value is -2.95. The second-order valence-electron chi connectivity index (χ2n) is 5.98. The first-order valence-electron chi connectivity index (χ1n) is 8.82. The highest BCUT2D eigenvalue weighted by Gasteiger charge is 2.12. The Morgan fingerprint density at radius 1 is 1.15 bits per heavy atom. The summed E-state index contributed by atoms with van der Waals surface area (Å²) < 4.78 is 16.2. The lowest BCUT2D eigenvalue weighted by atomic mass is 10.1. The van der Waals surface area contributed by atoms with Crippen molar-refractivity contribution in [3.63, 3.8) is 0 Å². The molecule has 0 fully saturated rings. The van der Waals surface area contributed by atoms with Crippen molar-refractivity contribution < 1.29 is 19.0 Å². The average molecular weight is 353 g/mol. The summed E-state index contributed by atoms with van der Waals surface area (Å²) in [6, 6.07) is 13.6. The van der Waals surface area contributed by atoms with Crippen LogP contribution in [-0.4, -0.2) is 25.9 Å². The predicted molar refractivity (Wildman–Crippen MR) is 101 cm³/mol. The summed E-state index contributed by atoms with van der Waals surface area (Å²) in [4.78, 5) is 11.9. The molecule has 0 radical (unpaired) electrons. The van der Waals surface area contributed by atoms with Gasteiger partial charge in [0.25, 0.3) is 0 Å². The summed E-state index contributed by atoms with van der Waals surface area (Å²) >= 11 is 0. The van der Waals surface area contributed by atoms with Crippen LogP contribution >= 0.6 is 0 Å². The molecule has 26 heavy (non-hydrogen) atoms. The van der Waals surface area contributed by atoms with Crippen LogP contribution in [0.25, 0.3) is 6.08 Å². The van der Waals surface area contributed by atoms with E-state index >= 15 is 0 Å². The van der Waals surface area contributed by atoms with Gasteiger partial charge in [0.1, 0.15) is 12.4 Å². The number of carbonyl (C=O) groups excluding carboxylic acids is 1. The van der Waals surface area contributed by atoms with Crippen molar-refractivity contribution in [2.45, 2.75) is 19.8 Å². The molecule has 5 nitrogen and oxygen atoms in total. The number of carbonyl (C=O) groups is 1. The van der Waals surface area contributed by atoms with Gasteiger partial charge in [0, 0.05) is 6.08 Å². The largest absolute Gasteiger partial charge is 0.492 e. The fourth-order valence-electron chi connectivity index (χ4n) is 2.63. The lowest BCUT2D eigenvalue weighted by Crippen LogP contribution is -2.26. The van der Waals surface area contributed by atoms with Gasteiger partial charge >= 0.3 is 0 Å². The second kappa shape index (κ2) is 8.94. The molecular formula is C21H23NO4. The molecular weight excluding hydrogens is 330 g/mol. The maximum absolute atomic E-state index is 11.9. The molecule has 1 heterocycles. The first-order valence-corrected chi connectivity index (χ1v) is 8.82. The Morgan fingerprint density at radius 3 is 2.77 bits per heavy atom. The van der Waals surface area contributed by atoms with Crippen molar-refractivity contribution in [1.29, 1.82) is 0 Å². The molecule has 1 aliphatic heterocycles. The summed E-state index contributed by atoms with van der Waals surface area (Å²) in [5, 5.41) is 2.80. The first-order chi connectivity index (χ1) is 12.7. The van der Waals surface area contributed by atoms with Crippen LogP contribution in [0, 0.1) is 0 Å². The molecule has 0 saturated carbocycles. The number of benzene rings is 2. The molecule has 0 atom stereocenters. The number of hydrogen-bond acceptors (Lipinski definition) is 4. The number of nitrogens with one attached hydrogen (secondary N) is 1. The summed E-state index contributed by atoms with van der Waals surface area (Å²) in [6.45, 7) is 3.27. The molecule has 2 aromatic rings. The zero-order chi connectivity index (χ0) is 18.2. The Bertz CT molecular complexity index is 768. The minimum atomic E-state index is -0.162. The lowest BCUT2D eigenvalue weighted by Gasteiger charge is -2.07. The highest BCUT2D eigenvalue weighted by molar-refractivity contribution is 5.91. The number of aryl methyl sites for hydroxylation is 1. The highest BCUT2D eigenvalue weighted by atomic mass is 16.7. The van der Waals surface area contributed by atoms with Gasteiger partial charge in [-0.15, -0.1) is 0 Å². The van der Waals surface area contributed by atoms with Crippen LogP contribution in [0.15, 0.2) is 48.5 Å². The molecule has 0 unspecified atom stereocenters. The first kappa shape index (κ1) is 17.9. The van der Waals surface area contributed by atoms with E-state index in [-0.39, 0.29) is 12.7 Å². The van der Waals surface area contributed by atoms with Crippen LogP contribution in [0.4, 0.5) is 0 Å². The van der Waals surface area contributed by atoms with E-state index in [2.05, 4.69) is 24.4 Å². The zero-order valence-corrected chi connectivity index (χ0v) is 14.9. The van der Waals surface area contributed by atoms with Gasteiger partial charge in [0.05, 0.1) is 6.54 Å². The highest BCUT2D eigenvalue weighted by Crippen LogP contribution is 2.32. The maximum atomic E-state index is 11.9. The topological polar surface area (TPSA) is 56.8 Å². The summed E-state index contributed by atoms with van der Waals surface area (Å²) in [7, 11) is 0. The van der Waals surface area contributed by atoms with E-state index in [1.165, 1.54) is 11.6 Å². The quantitative estimate of drug-likeness (QED) is 0.582. The molecule has 136 valence electrons. The number of ether oxygens (including phenoxy) is 3. The molecule has 0 saturated heterocycles. The Kier molecular flexibility index (Phi) is 6.14. The predicted octanol–water partition coefficient (Wildman–Crippen LogP) is 3.58. The smallest absolute Gasteiger partial charge is 0.244 e. The monoisotopic (exact) mass is 353 g/mol. The van der Waals surface area contributed by atoms with Crippen LogP contribution in [-0.2, 0) is 11.2 Å². The Balaban J connectivity index is 1.38. The van der Waals surface area contributed by atoms with E-state index in [0.29, 0.717) is 18.9 Å². The number of fused-ring (bicyclic) bond motifs is 1. The minimum absolute atomic E-state index is 0.162. The van der Waals surface area contributed by atoms with Crippen molar-refractivity contribution in [2.75, 3.05) is 19.9 Å². The molecule has 1 N–H and O–H groups in total. The Morgan fingerprint density at radius 2 is 1.96 bits per heavy atom. The average Bonchev–Trinajstić information content (AvgIpc) is 3.13. The van der Waals surface area contributed by atoms with E-state index in [1.807, 2.05) is 30.3 Å². The van der Waals surface area contributed by atoms with Crippen LogP contribution in [0.3, 0.4) is 0 Å². The molecule has 1 aliphatic rings. The van der Waals surface area contributed by atoms with Gasteiger partial charge in [0.2, 0.25) is 12.7 Å². The van der Waals surface area contributed by atoms with Gasteiger partial charge in [-0.3, -0.25) is 4.79 Å². The molecule has 2 aromatic carbocycles. The van der Waals surface area contributed by atoms with E-state index in [1.54, 1.807) is 6.08 Å². The molecule has 0 spiro atoms. The van der Waals surface area contributed by atoms with Gasteiger partial charge in [-0.1, -0.05) is 31.5 Å². The molecule has 0 aliphatic carbocycles. The van der Waals surface area contributed by atoms with Gasteiger partial charge in [0.15, 0.2) is 11.5 Å². The normalized spacial score (nSPS) is 12.3. The van der Waals surface area contributed by atoms with Crippen molar-refractivity contribution in [3.05, 3.63) is 59.7 Å². The van der Waals surface area contributed by atoms with Gasteiger partial charge in [-0.2, -0.15) is 0 Å². The SMILES string of the molecule is CCCc1ccc(OCCNC(=O)/C=C/c2ccc3c(c2)OCO3)cc1. The van der Waals surface area contributed by atoms with E-state index < -0.39 is 0 Å². The maximum Gasteiger partial charge on any atom is 0.244 e. The standard InChI is InChI=1S/C21H23NO4/c1-2-3-16-4-8-18(9-5-16)24-13-12-22-21(23)11-7-17-6-10-19-20(14-17)26-15-25-19/h4-11,14H,2-3,12-13,15H2,1H3,(H,22,23)/b11-7+. The molecule has 1 amide bonds. The molecule has 0 bridgehead atoms. The number of rotatable bonds is 8. The van der Waals surface area contributed by atoms with Crippen LogP contribution in [0.1, 0.15) is 24.5 Å². The molecule has 5 heteroatoms. The summed E-state index contributed by atoms with van der Waals surface area (Å²) in [5.74, 6) is 2.08. The molecule has 0 aromatic heterocycles. The fourth-order valence-corrected chi connectivity index (χ4v) is 2.63. The third-order valence-corrected chi connectivity index (χ3v) is 3.96. The lowest BCUT2D eigenvalue weighted by molar-refractivity contribution is -0.116. The van der Waals surface area contributed by atoms with E-state index in [9.17, 15) is 4.79 Å². The van der Waals surface area contributed by atoms with Crippen molar-refractivity contribution in [2.24, 2.45) is 0 Å². The van der Waals surface area contributed by atoms with Gasteiger partial charge in [-0.25, -0.2) is 0 Å². The third kappa shape index (κ3) is 5.02. The third-order valence-electron chi connectivity index (χ3n) is 3.96. The summed E-state index contributed by atoms with van der Waals surface area (Å²) in [6.07, 6.45) is 5.44. The van der Waals surface area contributed by atoms with Crippen LogP contribution in [0.2, 0.25) is 0 Å². The van der Waals surface area contributed by atoms with Crippen molar-refractivity contribution in [1.82, 2.24) is 5.32 Å². The van der Waals surface area contributed by atoms with E-state index in [0.717, 1.165) is 29.9 Å². The van der Waals surface area contributed by atoms with Crippen molar-refractivity contribution >= 4 is 12.0 Å². The van der Waals surface area contributed by atoms with Gasteiger partial charge < -0.3 is 19.5 Å². The number of amides is 1. The molecule has 3 rings (SSSR count). The fraction of sp³-hybridized carbons (Fsp3) is 0.286. The summed E-state index contributed by atoms with van der Waals surface area (Å²) in [5.41, 5.74) is 2.19. The van der Waals surface area contributed by atoms with Gasteiger partial charge in [-0.05, 0) is 47.9 Å². The van der Waals surface area contributed by atoms with Crippen LogP contribution < -0.4 is 19.5 Å². The van der Waals surface area contributed by atoms with E-state index in [4.69, 9.17) is 14.2 Å². The van der Waals surface area contributed by atoms with Crippen molar-refractivity contribution in [3.8, 4) is 17.2 Å².